The number of ketones is 6. The molecule has 0 aromatic heterocycles. The molecule has 0 N–H and O–H groups in total. The molecule has 0 aliphatic heterocycles. The minimum atomic E-state index is -2.01. The largest absolute Gasteiger partial charge is 0.542 e. The second-order valence-corrected chi connectivity index (χ2v) is 9.61. The summed E-state index contributed by atoms with van der Waals surface area (Å²) in [7, 11) is 0. The van der Waals surface area contributed by atoms with Gasteiger partial charge in [-0.2, -0.15) is 0 Å². The number of hydrogen-bond acceptors (Lipinski definition) is 10. The molecule has 0 fully saturated rings. The summed E-state index contributed by atoms with van der Waals surface area (Å²) in [6.45, 7) is 11.2. The van der Waals surface area contributed by atoms with Gasteiger partial charge in [-0.1, -0.05) is 0 Å². The summed E-state index contributed by atoms with van der Waals surface area (Å²) in [4.78, 5) is 83.6. The van der Waals surface area contributed by atoms with E-state index in [4.69, 9.17) is 0 Å². The van der Waals surface area contributed by atoms with E-state index in [-0.39, 0.29) is 21.1 Å². The fourth-order valence-electron chi connectivity index (χ4n) is 1.83. The zero-order chi connectivity index (χ0) is 25.3. The molecule has 0 rings (SSSR count). The van der Waals surface area contributed by atoms with Crippen LogP contribution < -0.4 is 10.2 Å². The number of aliphatic carboxylic acids is 2. The quantitative estimate of drug-likeness (QED) is 0.0886. The van der Waals surface area contributed by atoms with Crippen molar-refractivity contribution in [2.75, 3.05) is 0 Å². The normalized spacial score (nSPS) is 8.97. The second-order valence-electron chi connectivity index (χ2n) is 5.85. The van der Waals surface area contributed by atoms with Gasteiger partial charge in [0.25, 0.3) is 0 Å². The molecule has 0 saturated carbocycles. The van der Waals surface area contributed by atoms with Crippen LogP contribution in [0.4, 0.5) is 0 Å². The maximum Gasteiger partial charge on any atom is 0.196 e. The predicted octanol–water partition coefficient (Wildman–Crippen LogP) is -1.90. The van der Waals surface area contributed by atoms with E-state index in [0.717, 1.165) is 27.7 Å². The van der Waals surface area contributed by atoms with Crippen molar-refractivity contribution < 1.29 is 48.6 Å². The fourth-order valence-corrected chi connectivity index (χ4v) is 3.47. The average molecular weight is 543 g/mol. The van der Waals surface area contributed by atoms with Gasteiger partial charge < -0.3 is 19.8 Å². The molecule has 10 nitrogen and oxygen atoms in total. The van der Waals surface area contributed by atoms with Gasteiger partial charge in [-0.05, 0) is 27.7 Å². The molecule has 31 heavy (non-hydrogen) atoms. The molecule has 11 heteroatoms. The third kappa shape index (κ3) is 15.7. The van der Waals surface area contributed by atoms with Crippen LogP contribution in [0.5, 0.6) is 0 Å². The zero-order valence-corrected chi connectivity index (χ0v) is 20.6. The molecule has 0 aliphatic rings. The Balaban J connectivity index is -0.000000394. The molecule has 0 bridgehead atoms. The van der Waals surface area contributed by atoms with Crippen molar-refractivity contribution in [2.45, 2.75) is 36.6 Å². The van der Waals surface area contributed by atoms with Crippen molar-refractivity contribution in [1.82, 2.24) is 0 Å². The van der Waals surface area contributed by atoms with Gasteiger partial charge in [-0.15, -0.1) is 0 Å². The molecular formula is C20H24O10Sn. The van der Waals surface area contributed by atoms with E-state index in [1.54, 1.807) is 0 Å². The van der Waals surface area contributed by atoms with Gasteiger partial charge in [0, 0.05) is 0 Å². The smallest absolute Gasteiger partial charge is 0.196 e. The maximum absolute atomic E-state index is 10.6. The van der Waals surface area contributed by atoms with Gasteiger partial charge in [-0.3, -0.25) is 28.8 Å². The van der Waals surface area contributed by atoms with E-state index in [9.17, 15) is 48.6 Å². The summed E-state index contributed by atoms with van der Waals surface area (Å²) in [5.74, 6) is -13.5. The maximum atomic E-state index is 10.6. The Kier molecular flexibility index (Phi) is 19.1. The van der Waals surface area contributed by atoms with E-state index in [0.29, 0.717) is 0 Å². The first kappa shape index (κ1) is 32.9. The number of carboxylic acid groups (broad SMARTS) is 2. The summed E-state index contributed by atoms with van der Waals surface area (Å²) < 4.78 is 2.57. The number of hydrogen-bond donors (Lipinski definition) is 0. The van der Waals surface area contributed by atoms with Crippen molar-refractivity contribution in [3.05, 3.63) is 25.3 Å². The van der Waals surface area contributed by atoms with Crippen molar-refractivity contribution in [2.24, 2.45) is 11.8 Å². The third-order valence-electron chi connectivity index (χ3n) is 3.13. The SMILES string of the molecule is C=C[CH2][Sn+2][CH2]C=C.CC(=O)C(C(C)=O)C(=O)C(=O)[O-].CC(=O)C(C(C)=O)C(=O)C(=O)[O-]. The topological polar surface area (TPSA) is 183 Å². The van der Waals surface area contributed by atoms with Gasteiger partial charge in [0.1, 0.15) is 46.9 Å². The number of carboxylic acids is 2. The first-order valence-corrected chi connectivity index (χ1v) is 12.6. The average Bonchev–Trinajstić information content (AvgIpc) is 2.61. The second kappa shape index (κ2) is 18.0. The van der Waals surface area contributed by atoms with Crippen LogP contribution in [0, 0.1) is 11.8 Å². The van der Waals surface area contributed by atoms with Crippen LogP contribution in [0.25, 0.3) is 0 Å². The molecule has 0 aromatic rings. The van der Waals surface area contributed by atoms with Crippen molar-refractivity contribution in [1.29, 1.82) is 0 Å². The van der Waals surface area contributed by atoms with E-state index >= 15 is 0 Å². The molecule has 0 radical (unpaired) electrons. The molecule has 168 valence electrons. The Hall–Kier alpha value is -2.76. The summed E-state index contributed by atoms with van der Waals surface area (Å²) in [5, 5.41) is 20.0. The van der Waals surface area contributed by atoms with Gasteiger partial charge in [0.05, 0.1) is 0 Å². The molecule has 0 unspecified atom stereocenters. The molecular weight excluding hydrogens is 519 g/mol. The van der Waals surface area contributed by atoms with Crippen LogP contribution in [-0.4, -0.2) is 67.8 Å². The Morgan fingerprint density at radius 3 is 0.968 bits per heavy atom. The molecule has 0 heterocycles. The number of rotatable bonds is 12. The first-order chi connectivity index (χ1) is 14.2. The van der Waals surface area contributed by atoms with Crippen LogP contribution in [0.3, 0.4) is 0 Å². The van der Waals surface area contributed by atoms with E-state index in [1.807, 2.05) is 12.2 Å². The molecule has 0 aromatic carbocycles. The van der Waals surface area contributed by atoms with Crippen molar-refractivity contribution in [3.8, 4) is 0 Å². The fraction of sp³-hybridized carbons (Fsp3) is 0.400. The Morgan fingerprint density at radius 2 is 0.871 bits per heavy atom. The van der Waals surface area contributed by atoms with Crippen molar-refractivity contribution in [3.63, 3.8) is 0 Å². The predicted molar refractivity (Wildman–Crippen MR) is 105 cm³/mol. The Labute approximate surface area is 190 Å². The van der Waals surface area contributed by atoms with E-state index in [1.165, 1.54) is 8.87 Å². The standard InChI is InChI=1S/2C7H8O5.2C3H5.Sn/c2*1-3(8)5(4(2)9)6(10)7(11)12;2*1-3-2;/h2*5H,1-2H3,(H,11,12);2*3H,1-2H2;/q;;;;+2/p-2. The summed E-state index contributed by atoms with van der Waals surface area (Å²) in [6, 6.07) is 0. The summed E-state index contributed by atoms with van der Waals surface area (Å²) in [6.07, 6.45) is 4.02. The third-order valence-corrected chi connectivity index (χ3v) is 6.43. The van der Waals surface area contributed by atoms with Gasteiger partial charge >= 0.3 is 55.3 Å². The molecule has 0 atom stereocenters. The number of allylic oxidation sites excluding steroid dienone is 2. The monoisotopic (exact) mass is 544 g/mol. The Morgan fingerprint density at radius 1 is 0.645 bits per heavy atom. The van der Waals surface area contributed by atoms with Gasteiger partial charge in [-0.25, -0.2) is 0 Å². The van der Waals surface area contributed by atoms with Gasteiger partial charge in [0.2, 0.25) is 0 Å². The van der Waals surface area contributed by atoms with E-state index in [2.05, 4.69) is 13.2 Å². The number of Topliss-reactive ketones (excluding diaryl/α,β-unsaturated/α-hetero) is 6. The summed E-state index contributed by atoms with van der Waals surface area (Å²) in [5.41, 5.74) is 0. The molecule has 0 spiro atoms. The van der Waals surface area contributed by atoms with Crippen LogP contribution in [0.1, 0.15) is 27.7 Å². The number of carbonyl (C=O) groups excluding carboxylic acids is 8. The van der Waals surface area contributed by atoms with Crippen LogP contribution in [-0.2, 0) is 38.4 Å². The van der Waals surface area contributed by atoms with E-state index < -0.39 is 58.5 Å². The molecule has 0 saturated heterocycles. The van der Waals surface area contributed by atoms with Crippen molar-refractivity contribution >= 4 is 67.8 Å². The van der Waals surface area contributed by atoms with Crippen LogP contribution >= 0.6 is 0 Å². The minimum absolute atomic E-state index is 0.0547. The molecule has 0 aliphatic carbocycles. The zero-order valence-electron chi connectivity index (χ0n) is 17.7. The summed E-state index contributed by atoms with van der Waals surface area (Å²) >= 11 is -0.0547. The molecule has 0 amide bonds. The van der Waals surface area contributed by atoms with Gasteiger partial charge in [0.15, 0.2) is 11.6 Å². The Bertz CT molecular complexity index is 661. The van der Waals surface area contributed by atoms with Crippen LogP contribution in [0.2, 0.25) is 8.87 Å². The minimum Gasteiger partial charge on any atom is -0.542 e. The number of carbonyl (C=O) groups is 8. The first-order valence-electron chi connectivity index (χ1n) is 8.61. The van der Waals surface area contributed by atoms with Crippen LogP contribution in [0.15, 0.2) is 25.3 Å².